The Morgan fingerprint density at radius 1 is 1.33 bits per heavy atom. The monoisotopic (exact) mass is 241 g/mol. The molecule has 1 saturated carbocycles. The third kappa shape index (κ3) is 1.45. The van der Waals surface area contributed by atoms with E-state index >= 15 is 0 Å². The minimum atomic E-state index is -0.0369. The summed E-state index contributed by atoms with van der Waals surface area (Å²) in [6.07, 6.45) is 6.31. The van der Waals surface area contributed by atoms with E-state index in [1.807, 2.05) is 11.0 Å². The van der Waals surface area contributed by atoms with Gasteiger partial charge in [0.25, 0.3) is 0 Å². The molecule has 1 aliphatic carbocycles. The lowest BCUT2D eigenvalue weighted by molar-refractivity contribution is -0.161. The van der Waals surface area contributed by atoms with Crippen molar-refractivity contribution in [3.63, 3.8) is 0 Å². The van der Waals surface area contributed by atoms with Gasteiger partial charge in [-0.05, 0) is 24.5 Å². The number of hydrogen-bond acceptors (Lipinski definition) is 1. The zero-order chi connectivity index (χ0) is 12.6. The van der Waals surface area contributed by atoms with E-state index in [9.17, 15) is 4.79 Å². The van der Waals surface area contributed by atoms with Gasteiger partial charge in [-0.25, -0.2) is 0 Å². The van der Waals surface area contributed by atoms with E-state index in [0.717, 1.165) is 13.0 Å². The summed E-state index contributed by atoms with van der Waals surface area (Å²) in [7, 11) is 0. The number of benzene rings is 1. The fraction of sp³-hybridized carbons (Fsp3) is 0.438. The Balaban J connectivity index is 2.02. The Hall–Kier alpha value is -1.57. The highest BCUT2D eigenvalue weighted by molar-refractivity contribution is 5.88. The number of rotatable bonds is 2. The first kappa shape index (κ1) is 11.5. The summed E-state index contributed by atoms with van der Waals surface area (Å²) < 4.78 is 0. The fourth-order valence-electron chi connectivity index (χ4n) is 3.76. The quantitative estimate of drug-likeness (QED) is 0.729. The highest BCUT2D eigenvalue weighted by Crippen LogP contribution is 2.53. The van der Waals surface area contributed by atoms with Crippen LogP contribution in [0.25, 0.3) is 0 Å². The molecule has 1 aromatic rings. The highest BCUT2D eigenvalue weighted by atomic mass is 16.2. The minimum absolute atomic E-state index is 0.0369. The molecule has 1 aliphatic heterocycles. The lowest BCUT2D eigenvalue weighted by Gasteiger charge is -2.61. The van der Waals surface area contributed by atoms with Gasteiger partial charge in [-0.15, -0.1) is 0 Å². The second kappa shape index (κ2) is 4.27. The van der Waals surface area contributed by atoms with Crippen LogP contribution in [-0.2, 0) is 10.3 Å². The maximum Gasteiger partial charge on any atom is 0.246 e. The molecule has 2 aliphatic rings. The Morgan fingerprint density at radius 2 is 2.11 bits per heavy atom. The van der Waals surface area contributed by atoms with Crippen LogP contribution in [0.2, 0.25) is 0 Å². The van der Waals surface area contributed by atoms with Gasteiger partial charge >= 0.3 is 0 Å². The average molecular weight is 241 g/mol. The van der Waals surface area contributed by atoms with Crippen molar-refractivity contribution in [2.24, 2.45) is 5.92 Å². The van der Waals surface area contributed by atoms with Gasteiger partial charge in [0.05, 0.1) is 5.54 Å². The molecular weight excluding hydrogens is 222 g/mol. The van der Waals surface area contributed by atoms with E-state index in [2.05, 4.69) is 30.8 Å². The third-order valence-electron chi connectivity index (χ3n) is 4.63. The van der Waals surface area contributed by atoms with E-state index in [1.165, 1.54) is 30.9 Å². The Bertz CT molecular complexity index is 467. The van der Waals surface area contributed by atoms with Crippen LogP contribution >= 0.6 is 0 Å². The smallest absolute Gasteiger partial charge is 0.246 e. The van der Waals surface area contributed by atoms with E-state index in [1.54, 1.807) is 0 Å². The van der Waals surface area contributed by atoms with Crippen molar-refractivity contribution in [3.8, 4) is 0 Å². The molecule has 0 spiro atoms. The standard InChI is InChI=1S/C16H19NO/c1-2-15(18)17-12-14-10-6-7-11-16(14,17)13-8-4-3-5-9-13/h2-5,8-9,14H,1,6-7,10-12H2. The average Bonchev–Trinajstić information content (AvgIpc) is 2.41. The number of carbonyl (C=O) groups excluding carboxylic acids is 1. The van der Waals surface area contributed by atoms with Gasteiger partial charge in [0.2, 0.25) is 5.91 Å². The van der Waals surface area contributed by atoms with Gasteiger partial charge < -0.3 is 4.90 Å². The summed E-state index contributed by atoms with van der Waals surface area (Å²) in [6.45, 7) is 4.54. The van der Waals surface area contributed by atoms with Crippen molar-refractivity contribution in [3.05, 3.63) is 48.6 Å². The normalized spacial score (nSPS) is 30.2. The second-order valence-corrected chi connectivity index (χ2v) is 5.39. The number of likely N-dealkylation sites (tertiary alicyclic amines) is 1. The van der Waals surface area contributed by atoms with Crippen LogP contribution in [0.15, 0.2) is 43.0 Å². The number of hydrogen-bond donors (Lipinski definition) is 0. The summed E-state index contributed by atoms with van der Waals surface area (Å²) in [6, 6.07) is 10.5. The first-order valence-corrected chi connectivity index (χ1v) is 6.78. The Kier molecular flexibility index (Phi) is 2.73. The summed E-state index contributed by atoms with van der Waals surface area (Å²) in [5.41, 5.74) is 1.27. The van der Waals surface area contributed by atoms with Crippen molar-refractivity contribution in [2.75, 3.05) is 6.54 Å². The molecule has 0 aromatic heterocycles. The molecule has 2 heteroatoms. The van der Waals surface area contributed by atoms with E-state index < -0.39 is 0 Å². The zero-order valence-electron chi connectivity index (χ0n) is 10.6. The summed E-state index contributed by atoms with van der Waals surface area (Å²) in [5.74, 6) is 0.717. The fourth-order valence-corrected chi connectivity index (χ4v) is 3.76. The van der Waals surface area contributed by atoms with E-state index in [4.69, 9.17) is 0 Å². The largest absolute Gasteiger partial charge is 0.329 e. The maximum atomic E-state index is 12.0. The van der Waals surface area contributed by atoms with Crippen LogP contribution in [-0.4, -0.2) is 17.4 Å². The van der Waals surface area contributed by atoms with Gasteiger partial charge in [-0.2, -0.15) is 0 Å². The lowest BCUT2D eigenvalue weighted by Crippen LogP contribution is -2.67. The zero-order valence-corrected chi connectivity index (χ0v) is 10.6. The number of fused-ring (bicyclic) bond motifs is 1. The van der Waals surface area contributed by atoms with Crippen molar-refractivity contribution in [1.29, 1.82) is 0 Å². The first-order valence-electron chi connectivity index (χ1n) is 6.78. The summed E-state index contributed by atoms with van der Waals surface area (Å²) in [4.78, 5) is 14.1. The molecule has 0 N–H and O–H groups in total. The molecule has 2 fully saturated rings. The molecule has 0 bridgehead atoms. The Morgan fingerprint density at radius 3 is 2.78 bits per heavy atom. The number of amides is 1. The van der Waals surface area contributed by atoms with Crippen LogP contribution in [0, 0.1) is 5.92 Å². The second-order valence-electron chi connectivity index (χ2n) is 5.39. The maximum absolute atomic E-state index is 12.0. The van der Waals surface area contributed by atoms with Crippen molar-refractivity contribution in [1.82, 2.24) is 4.90 Å². The van der Waals surface area contributed by atoms with Crippen LogP contribution in [0.5, 0.6) is 0 Å². The molecule has 0 radical (unpaired) electrons. The first-order chi connectivity index (χ1) is 8.79. The van der Waals surface area contributed by atoms with Gasteiger partial charge in [0.1, 0.15) is 0 Å². The van der Waals surface area contributed by atoms with Crippen molar-refractivity contribution in [2.45, 2.75) is 31.2 Å². The van der Waals surface area contributed by atoms with E-state index in [0.29, 0.717) is 5.92 Å². The molecule has 2 unspecified atom stereocenters. The highest BCUT2D eigenvalue weighted by Gasteiger charge is 2.56. The lowest BCUT2D eigenvalue weighted by atomic mass is 9.61. The summed E-state index contributed by atoms with van der Waals surface area (Å²) >= 11 is 0. The van der Waals surface area contributed by atoms with Crippen molar-refractivity contribution >= 4 is 5.91 Å². The third-order valence-corrected chi connectivity index (χ3v) is 4.63. The van der Waals surface area contributed by atoms with E-state index in [-0.39, 0.29) is 11.4 Å². The van der Waals surface area contributed by atoms with Gasteiger partial charge in [0, 0.05) is 12.5 Å². The topological polar surface area (TPSA) is 20.3 Å². The minimum Gasteiger partial charge on any atom is -0.329 e. The molecule has 2 nitrogen and oxygen atoms in total. The number of nitrogens with zero attached hydrogens (tertiary/aromatic N) is 1. The molecule has 1 aromatic carbocycles. The summed E-state index contributed by atoms with van der Waals surface area (Å²) in [5, 5.41) is 0. The van der Waals surface area contributed by atoms with Crippen LogP contribution in [0.4, 0.5) is 0 Å². The van der Waals surface area contributed by atoms with Crippen LogP contribution < -0.4 is 0 Å². The predicted molar refractivity (Wildman–Crippen MR) is 72.0 cm³/mol. The van der Waals surface area contributed by atoms with Gasteiger partial charge in [0.15, 0.2) is 0 Å². The molecule has 1 amide bonds. The molecule has 2 atom stereocenters. The number of carbonyl (C=O) groups is 1. The van der Waals surface area contributed by atoms with Gasteiger partial charge in [-0.3, -0.25) is 4.79 Å². The molecule has 18 heavy (non-hydrogen) atoms. The molecule has 94 valence electrons. The van der Waals surface area contributed by atoms with Crippen molar-refractivity contribution < 1.29 is 4.79 Å². The van der Waals surface area contributed by atoms with Gasteiger partial charge in [-0.1, -0.05) is 49.8 Å². The molecule has 1 saturated heterocycles. The Labute approximate surface area is 108 Å². The predicted octanol–water partition coefficient (Wildman–Crippen LogP) is 3.10. The molecule has 1 heterocycles. The van der Waals surface area contributed by atoms with Crippen LogP contribution in [0.3, 0.4) is 0 Å². The molecule has 3 rings (SSSR count). The SMILES string of the molecule is C=CC(=O)N1CC2CCCCC21c1ccccc1. The van der Waals surface area contributed by atoms with Crippen LogP contribution in [0.1, 0.15) is 31.2 Å². The molecular formula is C16H19NO.